The summed E-state index contributed by atoms with van der Waals surface area (Å²) in [6, 6.07) is 13.3. The third kappa shape index (κ3) is 2.22. The average Bonchev–Trinajstić information content (AvgIpc) is 3.01. The molecule has 2 nitrogen and oxygen atoms in total. The summed E-state index contributed by atoms with van der Waals surface area (Å²) in [7, 11) is 0. The van der Waals surface area contributed by atoms with Crippen molar-refractivity contribution in [1.82, 2.24) is 0 Å². The molecule has 2 aromatic rings. The molecule has 2 N–H and O–H groups in total. The van der Waals surface area contributed by atoms with Crippen molar-refractivity contribution < 1.29 is 9.13 Å². The molecule has 3 heteroatoms. The van der Waals surface area contributed by atoms with Crippen LogP contribution >= 0.6 is 0 Å². The zero-order valence-corrected chi connectivity index (χ0v) is 11.8. The lowest BCUT2D eigenvalue weighted by Crippen LogP contribution is -2.24. The van der Waals surface area contributed by atoms with Gasteiger partial charge >= 0.3 is 0 Å². The van der Waals surface area contributed by atoms with Crippen molar-refractivity contribution in [3.8, 4) is 5.75 Å². The number of benzene rings is 2. The normalized spacial score (nSPS) is 26.3. The van der Waals surface area contributed by atoms with E-state index in [1.807, 2.05) is 6.07 Å². The van der Waals surface area contributed by atoms with Crippen molar-refractivity contribution in [2.24, 2.45) is 11.7 Å². The molecule has 21 heavy (non-hydrogen) atoms. The molecule has 2 aliphatic rings. The topological polar surface area (TPSA) is 35.2 Å². The standard InChI is InChI=1S/C18H18FNO/c19-14-5-6-17-12(8-14)9-15(21-17)10-13-7-11-3-1-2-4-16(11)18(13)20/h1-6,8,13,15,18H,7,9-10,20H2. The van der Waals surface area contributed by atoms with Gasteiger partial charge in [0.25, 0.3) is 0 Å². The van der Waals surface area contributed by atoms with Gasteiger partial charge in [0.1, 0.15) is 17.7 Å². The van der Waals surface area contributed by atoms with E-state index < -0.39 is 0 Å². The fourth-order valence-corrected chi connectivity index (χ4v) is 3.70. The van der Waals surface area contributed by atoms with Gasteiger partial charge in [0.15, 0.2) is 0 Å². The zero-order valence-electron chi connectivity index (χ0n) is 11.8. The van der Waals surface area contributed by atoms with E-state index in [1.54, 1.807) is 12.1 Å². The van der Waals surface area contributed by atoms with Crippen LogP contribution in [-0.2, 0) is 12.8 Å². The van der Waals surface area contributed by atoms with E-state index in [-0.39, 0.29) is 18.0 Å². The highest BCUT2D eigenvalue weighted by atomic mass is 19.1. The Morgan fingerprint density at radius 3 is 2.81 bits per heavy atom. The smallest absolute Gasteiger partial charge is 0.123 e. The minimum absolute atomic E-state index is 0.0882. The number of halogens is 1. The van der Waals surface area contributed by atoms with Gasteiger partial charge < -0.3 is 10.5 Å². The third-order valence-electron chi connectivity index (χ3n) is 4.73. The molecule has 1 heterocycles. The second-order valence-electron chi connectivity index (χ2n) is 6.12. The van der Waals surface area contributed by atoms with Crippen LogP contribution in [-0.4, -0.2) is 6.10 Å². The molecular formula is C18H18FNO. The van der Waals surface area contributed by atoms with Gasteiger partial charge in [0, 0.05) is 18.0 Å². The molecule has 0 aromatic heterocycles. The van der Waals surface area contributed by atoms with Gasteiger partial charge in [0.05, 0.1) is 0 Å². The van der Waals surface area contributed by atoms with Crippen molar-refractivity contribution in [3.05, 3.63) is 65.0 Å². The SMILES string of the molecule is NC1c2ccccc2CC1CC1Cc2cc(F)ccc2O1. The van der Waals surface area contributed by atoms with Gasteiger partial charge in [-0.05, 0) is 48.1 Å². The summed E-state index contributed by atoms with van der Waals surface area (Å²) in [6.45, 7) is 0. The van der Waals surface area contributed by atoms with Crippen LogP contribution < -0.4 is 10.5 Å². The van der Waals surface area contributed by atoms with Crippen molar-refractivity contribution in [1.29, 1.82) is 0 Å². The predicted octanol–water partition coefficient (Wildman–Crippen LogP) is 3.39. The molecule has 1 aliphatic carbocycles. The molecule has 0 saturated heterocycles. The van der Waals surface area contributed by atoms with Crippen LogP contribution in [0, 0.1) is 11.7 Å². The number of rotatable bonds is 2. The Kier molecular flexibility index (Phi) is 2.96. The lowest BCUT2D eigenvalue weighted by Gasteiger charge is -2.20. The van der Waals surface area contributed by atoms with Gasteiger partial charge in [-0.1, -0.05) is 24.3 Å². The van der Waals surface area contributed by atoms with Crippen LogP contribution in [0.1, 0.15) is 29.2 Å². The first-order valence-corrected chi connectivity index (χ1v) is 7.49. The van der Waals surface area contributed by atoms with Crippen LogP contribution in [0.4, 0.5) is 4.39 Å². The van der Waals surface area contributed by atoms with Gasteiger partial charge in [-0.15, -0.1) is 0 Å². The predicted molar refractivity (Wildman–Crippen MR) is 79.7 cm³/mol. The van der Waals surface area contributed by atoms with E-state index in [4.69, 9.17) is 10.5 Å². The van der Waals surface area contributed by atoms with Crippen molar-refractivity contribution in [3.63, 3.8) is 0 Å². The summed E-state index contributed by atoms with van der Waals surface area (Å²) in [5, 5.41) is 0. The molecule has 2 aromatic carbocycles. The first-order chi connectivity index (χ1) is 10.2. The van der Waals surface area contributed by atoms with Gasteiger partial charge in [-0.3, -0.25) is 0 Å². The Hall–Kier alpha value is -1.87. The van der Waals surface area contributed by atoms with Crippen LogP contribution in [0.15, 0.2) is 42.5 Å². The first-order valence-electron chi connectivity index (χ1n) is 7.49. The van der Waals surface area contributed by atoms with E-state index in [1.165, 1.54) is 17.2 Å². The maximum Gasteiger partial charge on any atom is 0.123 e. The minimum atomic E-state index is -0.192. The monoisotopic (exact) mass is 283 g/mol. The highest BCUT2D eigenvalue weighted by molar-refractivity contribution is 5.39. The summed E-state index contributed by atoms with van der Waals surface area (Å²) < 4.78 is 19.2. The molecule has 1 aliphatic heterocycles. The largest absolute Gasteiger partial charge is 0.490 e. The van der Waals surface area contributed by atoms with Crippen molar-refractivity contribution in [2.45, 2.75) is 31.4 Å². The molecule has 3 atom stereocenters. The number of nitrogens with two attached hydrogens (primary N) is 1. The van der Waals surface area contributed by atoms with E-state index in [0.29, 0.717) is 5.92 Å². The van der Waals surface area contributed by atoms with Crippen molar-refractivity contribution >= 4 is 0 Å². The van der Waals surface area contributed by atoms with Crippen LogP contribution in [0.5, 0.6) is 5.75 Å². The fraction of sp³-hybridized carbons (Fsp3) is 0.333. The number of fused-ring (bicyclic) bond motifs is 2. The van der Waals surface area contributed by atoms with E-state index in [9.17, 15) is 4.39 Å². The summed E-state index contributed by atoms with van der Waals surface area (Å²) in [4.78, 5) is 0. The Morgan fingerprint density at radius 2 is 1.95 bits per heavy atom. The molecule has 0 bridgehead atoms. The highest BCUT2D eigenvalue weighted by Gasteiger charge is 2.34. The minimum Gasteiger partial charge on any atom is -0.490 e. The summed E-state index contributed by atoms with van der Waals surface area (Å²) in [6.07, 6.45) is 2.84. The molecule has 108 valence electrons. The third-order valence-corrected chi connectivity index (χ3v) is 4.73. The molecule has 0 saturated carbocycles. The Labute approximate surface area is 123 Å². The van der Waals surface area contributed by atoms with Gasteiger partial charge in [0.2, 0.25) is 0 Å². The lowest BCUT2D eigenvalue weighted by molar-refractivity contribution is 0.187. The maximum absolute atomic E-state index is 13.3. The summed E-state index contributed by atoms with van der Waals surface area (Å²) in [5.41, 5.74) is 9.98. The van der Waals surface area contributed by atoms with E-state index in [0.717, 1.165) is 30.6 Å². The first kappa shape index (κ1) is 12.8. The zero-order chi connectivity index (χ0) is 14.4. The van der Waals surface area contributed by atoms with Crippen LogP contribution in [0.2, 0.25) is 0 Å². The van der Waals surface area contributed by atoms with Gasteiger partial charge in [-0.2, -0.15) is 0 Å². The Balaban J connectivity index is 1.48. The Morgan fingerprint density at radius 1 is 1.10 bits per heavy atom. The highest BCUT2D eigenvalue weighted by Crippen LogP contribution is 2.39. The summed E-state index contributed by atoms with van der Waals surface area (Å²) >= 11 is 0. The van der Waals surface area contributed by atoms with E-state index in [2.05, 4.69) is 18.2 Å². The van der Waals surface area contributed by atoms with E-state index >= 15 is 0 Å². The second-order valence-corrected chi connectivity index (χ2v) is 6.12. The molecule has 3 unspecified atom stereocenters. The summed E-state index contributed by atoms with van der Waals surface area (Å²) in [5.74, 6) is 1.04. The average molecular weight is 283 g/mol. The van der Waals surface area contributed by atoms with Crippen LogP contribution in [0.3, 0.4) is 0 Å². The lowest BCUT2D eigenvalue weighted by atomic mass is 9.93. The maximum atomic E-state index is 13.3. The fourth-order valence-electron chi connectivity index (χ4n) is 3.70. The molecule has 0 spiro atoms. The van der Waals surface area contributed by atoms with Crippen LogP contribution in [0.25, 0.3) is 0 Å². The second kappa shape index (κ2) is 4.85. The molecule has 0 radical (unpaired) electrons. The molecule has 0 amide bonds. The number of hydrogen-bond acceptors (Lipinski definition) is 2. The Bertz CT molecular complexity index is 685. The van der Waals surface area contributed by atoms with Crippen molar-refractivity contribution in [2.75, 3.05) is 0 Å². The number of hydrogen-bond donors (Lipinski definition) is 1. The quantitative estimate of drug-likeness (QED) is 0.917. The van der Waals surface area contributed by atoms with Gasteiger partial charge in [-0.25, -0.2) is 4.39 Å². The molecule has 0 fully saturated rings. The molecule has 4 rings (SSSR count). The molecular weight excluding hydrogens is 265 g/mol. The number of ether oxygens (including phenoxy) is 1.